The zero-order valence-electron chi connectivity index (χ0n) is 12.5. The third-order valence-electron chi connectivity index (χ3n) is 3.46. The Hall–Kier alpha value is -1.66. The average Bonchev–Trinajstić information content (AvgIpc) is 3.00. The second-order valence-corrected chi connectivity index (χ2v) is 7.04. The van der Waals surface area contributed by atoms with Crippen LogP contribution in [0.4, 0.5) is 0 Å². The molecule has 2 N–H and O–H groups in total. The van der Waals surface area contributed by atoms with Crippen LogP contribution in [0, 0.1) is 5.92 Å². The molecule has 1 atom stereocenters. The van der Waals surface area contributed by atoms with E-state index in [0.29, 0.717) is 0 Å². The number of aryl methyl sites for hydroxylation is 1. The molecule has 0 bridgehead atoms. The van der Waals surface area contributed by atoms with E-state index in [1.54, 1.807) is 0 Å². The molecule has 0 fully saturated rings. The molecule has 0 amide bonds. The Bertz CT molecular complexity index is 661. The van der Waals surface area contributed by atoms with E-state index in [1.165, 1.54) is 18.1 Å². The molecule has 0 aliphatic heterocycles. The minimum absolute atomic E-state index is 0.0818. The fourth-order valence-corrected chi connectivity index (χ4v) is 3.45. The van der Waals surface area contributed by atoms with Gasteiger partial charge in [0.05, 0.1) is 12.5 Å². The van der Waals surface area contributed by atoms with Gasteiger partial charge in [-0.05, 0) is 23.5 Å². The largest absolute Gasteiger partial charge is 0.335 e. The van der Waals surface area contributed by atoms with Crippen molar-refractivity contribution in [3.63, 3.8) is 0 Å². The van der Waals surface area contributed by atoms with Crippen LogP contribution in [0.2, 0.25) is 0 Å². The van der Waals surface area contributed by atoms with Gasteiger partial charge in [0.25, 0.3) is 10.0 Å². The van der Waals surface area contributed by atoms with E-state index in [-0.39, 0.29) is 17.0 Å². The summed E-state index contributed by atoms with van der Waals surface area (Å²) in [6.07, 6.45) is 3.63. The van der Waals surface area contributed by atoms with Gasteiger partial charge in [0.15, 0.2) is 5.03 Å². The maximum atomic E-state index is 12.3. The van der Waals surface area contributed by atoms with Crippen LogP contribution in [0.25, 0.3) is 0 Å². The molecule has 21 heavy (non-hydrogen) atoms. The summed E-state index contributed by atoms with van der Waals surface area (Å²) in [5, 5.41) is 0.0818. The number of nitrogens with zero attached hydrogens (tertiary/aromatic N) is 1. The fourth-order valence-electron chi connectivity index (χ4n) is 2.17. The number of hydrogen-bond acceptors (Lipinski definition) is 3. The highest BCUT2D eigenvalue weighted by Gasteiger charge is 2.24. The first-order chi connectivity index (χ1) is 9.94. The minimum Gasteiger partial charge on any atom is -0.335 e. The summed E-state index contributed by atoms with van der Waals surface area (Å²) >= 11 is 0. The molecular formula is C15H21N3O2S. The van der Waals surface area contributed by atoms with Crippen LogP contribution >= 0.6 is 0 Å². The zero-order valence-corrected chi connectivity index (χ0v) is 13.3. The number of benzene rings is 1. The normalized spacial score (nSPS) is 13.5. The first-order valence-corrected chi connectivity index (χ1v) is 8.52. The van der Waals surface area contributed by atoms with Crippen LogP contribution in [0.15, 0.2) is 41.8 Å². The topological polar surface area (TPSA) is 74.8 Å². The maximum absolute atomic E-state index is 12.3. The van der Waals surface area contributed by atoms with Crippen molar-refractivity contribution in [2.24, 2.45) is 5.92 Å². The lowest BCUT2D eigenvalue weighted by Gasteiger charge is -2.22. The summed E-state index contributed by atoms with van der Waals surface area (Å²) in [6.45, 7) is 6.08. The molecule has 1 heterocycles. The highest BCUT2D eigenvalue weighted by molar-refractivity contribution is 7.89. The Balaban J connectivity index is 2.27. The molecule has 1 unspecified atom stereocenters. The molecule has 2 aromatic rings. The molecule has 0 aliphatic carbocycles. The molecule has 0 saturated heterocycles. The lowest BCUT2D eigenvalue weighted by Crippen LogP contribution is -2.32. The summed E-state index contributed by atoms with van der Waals surface area (Å²) in [6, 6.07) is 7.77. The van der Waals surface area contributed by atoms with Crippen molar-refractivity contribution in [3.8, 4) is 0 Å². The average molecular weight is 307 g/mol. The molecule has 0 aliphatic rings. The summed E-state index contributed by atoms with van der Waals surface area (Å²) in [5.41, 5.74) is 2.20. The van der Waals surface area contributed by atoms with Crippen LogP contribution < -0.4 is 4.72 Å². The smallest absolute Gasteiger partial charge is 0.258 e. The van der Waals surface area contributed by atoms with E-state index in [4.69, 9.17) is 0 Å². The maximum Gasteiger partial charge on any atom is 0.258 e. The molecule has 5 nitrogen and oxygen atoms in total. The Morgan fingerprint density at radius 1 is 1.24 bits per heavy atom. The van der Waals surface area contributed by atoms with Gasteiger partial charge >= 0.3 is 0 Å². The second kappa shape index (κ2) is 6.41. The summed E-state index contributed by atoms with van der Waals surface area (Å²) < 4.78 is 27.4. The van der Waals surface area contributed by atoms with E-state index < -0.39 is 10.0 Å². The number of H-pyrrole nitrogens is 1. The molecule has 0 saturated carbocycles. The molecule has 1 aromatic heterocycles. The molecule has 2 rings (SSSR count). The van der Waals surface area contributed by atoms with Gasteiger partial charge in [-0.1, -0.05) is 45.0 Å². The van der Waals surface area contributed by atoms with Crippen molar-refractivity contribution in [3.05, 3.63) is 47.9 Å². The Kier molecular flexibility index (Phi) is 4.80. The van der Waals surface area contributed by atoms with Gasteiger partial charge in [0.2, 0.25) is 0 Å². The number of aromatic nitrogens is 2. The third kappa shape index (κ3) is 3.71. The van der Waals surface area contributed by atoms with Crippen LogP contribution in [-0.4, -0.2) is 18.4 Å². The van der Waals surface area contributed by atoms with E-state index >= 15 is 0 Å². The number of aromatic amines is 1. The van der Waals surface area contributed by atoms with Crippen LogP contribution in [0.5, 0.6) is 0 Å². The zero-order chi connectivity index (χ0) is 15.5. The van der Waals surface area contributed by atoms with Gasteiger partial charge in [-0.25, -0.2) is 18.1 Å². The summed E-state index contributed by atoms with van der Waals surface area (Å²) in [5.74, 6) is 0.134. The Labute approximate surface area is 125 Å². The van der Waals surface area contributed by atoms with Crippen molar-refractivity contribution in [1.82, 2.24) is 14.7 Å². The molecule has 0 spiro atoms. The van der Waals surface area contributed by atoms with Crippen molar-refractivity contribution in [2.45, 2.75) is 38.3 Å². The highest BCUT2D eigenvalue weighted by atomic mass is 32.2. The number of hydrogen-bond donors (Lipinski definition) is 2. The highest BCUT2D eigenvalue weighted by Crippen LogP contribution is 2.24. The third-order valence-corrected chi connectivity index (χ3v) is 4.83. The predicted octanol–water partition coefficient (Wildman–Crippen LogP) is 2.65. The minimum atomic E-state index is -3.59. The second-order valence-electron chi connectivity index (χ2n) is 5.35. The van der Waals surface area contributed by atoms with E-state index in [2.05, 4.69) is 21.6 Å². The van der Waals surface area contributed by atoms with E-state index in [0.717, 1.165) is 12.0 Å². The van der Waals surface area contributed by atoms with Crippen molar-refractivity contribution < 1.29 is 8.42 Å². The molecule has 114 valence electrons. The van der Waals surface area contributed by atoms with Gasteiger partial charge in [0, 0.05) is 6.04 Å². The van der Waals surface area contributed by atoms with Crippen LogP contribution in [-0.2, 0) is 16.4 Å². The predicted molar refractivity (Wildman–Crippen MR) is 82.3 cm³/mol. The number of nitrogens with one attached hydrogen (secondary N) is 2. The molecular weight excluding hydrogens is 286 g/mol. The fraction of sp³-hybridized carbons (Fsp3) is 0.400. The Morgan fingerprint density at radius 3 is 2.38 bits per heavy atom. The van der Waals surface area contributed by atoms with E-state index in [1.807, 2.05) is 38.1 Å². The van der Waals surface area contributed by atoms with Crippen molar-refractivity contribution in [1.29, 1.82) is 0 Å². The van der Waals surface area contributed by atoms with Gasteiger partial charge in [-0.3, -0.25) is 0 Å². The first-order valence-electron chi connectivity index (χ1n) is 7.03. The van der Waals surface area contributed by atoms with Crippen LogP contribution in [0.3, 0.4) is 0 Å². The first kappa shape index (κ1) is 15.7. The SMILES string of the molecule is CCc1ccc(C(NS(=O)(=O)c2cnc[nH]2)C(C)C)cc1. The van der Waals surface area contributed by atoms with Gasteiger partial charge < -0.3 is 4.98 Å². The summed E-state index contributed by atoms with van der Waals surface area (Å²) in [4.78, 5) is 6.39. The summed E-state index contributed by atoms with van der Waals surface area (Å²) in [7, 11) is -3.59. The van der Waals surface area contributed by atoms with E-state index in [9.17, 15) is 8.42 Å². The number of sulfonamides is 1. The van der Waals surface area contributed by atoms with Crippen LogP contribution in [0.1, 0.15) is 37.9 Å². The Morgan fingerprint density at radius 2 is 1.90 bits per heavy atom. The quantitative estimate of drug-likeness (QED) is 0.861. The lowest BCUT2D eigenvalue weighted by atomic mass is 9.96. The molecule has 1 aromatic carbocycles. The van der Waals surface area contributed by atoms with Gasteiger partial charge in [0.1, 0.15) is 0 Å². The van der Waals surface area contributed by atoms with Gasteiger partial charge in [-0.15, -0.1) is 0 Å². The van der Waals surface area contributed by atoms with Gasteiger partial charge in [-0.2, -0.15) is 0 Å². The molecule has 0 radical (unpaired) electrons. The standard InChI is InChI=1S/C15H21N3O2S/c1-4-12-5-7-13(8-6-12)15(11(2)3)18-21(19,20)14-9-16-10-17-14/h5-11,15,18H,4H2,1-3H3,(H,16,17). The monoisotopic (exact) mass is 307 g/mol. The van der Waals surface area contributed by atoms with Crippen molar-refractivity contribution in [2.75, 3.05) is 0 Å². The number of imidazole rings is 1. The van der Waals surface area contributed by atoms with Crippen molar-refractivity contribution >= 4 is 10.0 Å². The molecule has 6 heteroatoms. The number of rotatable bonds is 6. The lowest BCUT2D eigenvalue weighted by molar-refractivity contribution is 0.462.